The van der Waals surface area contributed by atoms with Gasteiger partial charge in [0.25, 0.3) is 0 Å². The van der Waals surface area contributed by atoms with Gasteiger partial charge in [-0.1, -0.05) is 18.7 Å². The highest BCUT2D eigenvalue weighted by molar-refractivity contribution is 8.13. The van der Waals surface area contributed by atoms with E-state index in [1.807, 2.05) is 13.8 Å². The summed E-state index contributed by atoms with van der Waals surface area (Å²) in [5.41, 5.74) is 0. The number of nitrogens with zero attached hydrogens (tertiary/aromatic N) is 1. The molecule has 0 saturated carbocycles. The largest absolute Gasteiger partial charge is 0.364 e. The molecule has 1 unspecified atom stereocenters. The van der Waals surface area contributed by atoms with E-state index >= 15 is 0 Å². The predicted molar refractivity (Wildman–Crippen MR) is 69.8 cm³/mol. The molecule has 1 aliphatic rings. The van der Waals surface area contributed by atoms with E-state index < -0.39 is 0 Å². The number of thioether (sulfide) groups is 1. The Hall–Kier alpha value is -0.710. The van der Waals surface area contributed by atoms with E-state index in [-0.39, 0.29) is 11.9 Å². The van der Waals surface area contributed by atoms with Crippen LogP contribution in [0.4, 0.5) is 0 Å². The average molecular weight is 243 g/mol. The fraction of sp³-hybridized carbons (Fsp3) is 0.818. The first-order valence-electron chi connectivity index (χ1n) is 5.78. The van der Waals surface area contributed by atoms with E-state index in [1.165, 1.54) is 0 Å². The molecule has 0 bridgehead atoms. The van der Waals surface area contributed by atoms with Crippen molar-refractivity contribution in [1.29, 1.82) is 0 Å². The highest BCUT2D eigenvalue weighted by atomic mass is 32.2. The molecule has 0 spiro atoms. The summed E-state index contributed by atoms with van der Waals surface area (Å²) >= 11 is 1.74. The fourth-order valence-electron chi connectivity index (χ4n) is 1.34. The van der Waals surface area contributed by atoms with Crippen molar-refractivity contribution in [3.8, 4) is 0 Å². The Morgan fingerprint density at radius 3 is 2.94 bits per heavy atom. The van der Waals surface area contributed by atoms with Gasteiger partial charge in [-0.05, 0) is 19.8 Å². The minimum atomic E-state index is 0.0947. The molecule has 0 saturated heterocycles. The first-order valence-corrected chi connectivity index (χ1v) is 6.77. The molecule has 0 aromatic carbocycles. The number of carbonyl (C=O) groups excluding carboxylic acids is 1. The second-order valence-corrected chi connectivity index (χ2v) is 5.47. The molecule has 0 radical (unpaired) electrons. The SMILES string of the molecule is CC1CN=C(NCCC(=O)NC(C)C)SC1. The normalized spacial score (nSPS) is 20.5. The summed E-state index contributed by atoms with van der Waals surface area (Å²) in [6.07, 6.45) is 0.507. The zero-order valence-electron chi connectivity index (χ0n) is 10.2. The molecule has 2 N–H and O–H groups in total. The molecular weight excluding hydrogens is 222 g/mol. The molecule has 1 atom stereocenters. The Morgan fingerprint density at radius 1 is 1.62 bits per heavy atom. The van der Waals surface area contributed by atoms with Gasteiger partial charge in [-0.15, -0.1) is 0 Å². The molecule has 1 aliphatic heterocycles. The van der Waals surface area contributed by atoms with Gasteiger partial charge < -0.3 is 10.6 Å². The van der Waals surface area contributed by atoms with Gasteiger partial charge >= 0.3 is 0 Å². The number of nitrogens with one attached hydrogen (secondary N) is 2. The molecule has 92 valence electrons. The van der Waals surface area contributed by atoms with Crippen molar-refractivity contribution >= 4 is 22.8 Å². The highest BCUT2D eigenvalue weighted by Crippen LogP contribution is 2.15. The number of amides is 1. The Bertz CT molecular complexity index is 266. The number of aliphatic imine (C=N–C) groups is 1. The molecule has 1 amide bonds. The zero-order valence-corrected chi connectivity index (χ0v) is 11.1. The van der Waals surface area contributed by atoms with Crippen LogP contribution in [0.5, 0.6) is 0 Å². The smallest absolute Gasteiger partial charge is 0.221 e. The molecule has 1 heterocycles. The standard InChI is InChI=1S/C11H21N3OS/c1-8(2)14-10(15)4-5-12-11-13-6-9(3)7-16-11/h8-9H,4-7H2,1-3H3,(H,12,13)(H,14,15). The summed E-state index contributed by atoms with van der Waals surface area (Å²) in [4.78, 5) is 15.8. The number of amidine groups is 1. The van der Waals surface area contributed by atoms with Crippen molar-refractivity contribution in [2.75, 3.05) is 18.8 Å². The second-order valence-electron chi connectivity index (χ2n) is 4.46. The summed E-state index contributed by atoms with van der Waals surface area (Å²) in [5.74, 6) is 1.88. The van der Waals surface area contributed by atoms with Gasteiger partial charge in [0.2, 0.25) is 5.91 Å². The zero-order chi connectivity index (χ0) is 12.0. The molecule has 0 aromatic heterocycles. The van der Waals surface area contributed by atoms with E-state index in [0.717, 1.165) is 17.5 Å². The molecule has 0 aliphatic carbocycles. The predicted octanol–water partition coefficient (Wildman–Crippen LogP) is 1.23. The first kappa shape index (κ1) is 13.4. The van der Waals surface area contributed by atoms with Crippen LogP contribution >= 0.6 is 11.8 Å². The van der Waals surface area contributed by atoms with Crippen molar-refractivity contribution < 1.29 is 4.79 Å². The fourth-order valence-corrected chi connectivity index (χ4v) is 2.26. The van der Waals surface area contributed by atoms with Crippen LogP contribution in [-0.2, 0) is 4.79 Å². The average Bonchev–Trinajstić information content (AvgIpc) is 2.20. The van der Waals surface area contributed by atoms with E-state index in [1.54, 1.807) is 11.8 Å². The maximum atomic E-state index is 11.3. The highest BCUT2D eigenvalue weighted by Gasteiger charge is 2.11. The summed E-state index contributed by atoms with van der Waals surface area (Å²) in [6, 6.07) is 0.217. The molecular formula is C11H21N3OS. The lowest BCUT2D eigenvalue weighted by molar-refractivity contribution is -0.121. The molecule has 0 fully saturated rings. The van der Waals surface area contributed by atoms with Gasteiger partial charge in [0.05, 0.1) is 0 Å². The third-order valence-corrected chi connectivity index (χ3v) is 3.41. The third-order valence-electron chi connectivity index (χ3n) is 2.13. The lowest BCUT2D eigenvalue weighted by Crippen LogP contribution is -2.34. The van der Waals surface area contributed by atoms with Crippen LogP contribution in [0.2, 0.25) is 0 Å². The third kappa shape index (κ3) is 5.39. The van der Waals surface area contributed by atoms with E-state index in [4.69, 9.17) is 0 Å². The van der Waals surface area contributed by atoms with Crippen LogP contribution in [0.3, 0.4) is 0 Å². The van der Waals surface area contributed by atoms with Gasteiger partial charge in [-0.2, -0.15) is 0 Å². The Kier molecular flexibility index (Phi) is 5.66. The van der Waals surface area contributed by atoms with E-state index in [2.05, 4.69) is 22.5 Å². The van der Waals surface area contributed by atoms with Crippen LogP contribution in [-0.4, -0.2) is 36.0 Å². The van der Waals surface area contributed by atoms with Crippen molar-refractivity contribution in [3.63, 3.8) is 0 Å². The minimum Gasteiger partial charge on any atom is -0.364 e. The Morgan fingerprint density at radius 2 is 2.38 bits per heavy atom. The molecule has 4 nitrogen and oxygen atoms in total. The molecule has 0 aromatic rings. The van der Waals surface area contributed by atoms with Crippen molar-refractivity contribution in [1.82, 2.24) is 10.6 Å². The number of carbonyl (C=O) groups is 1. The topological polar surface area (TPSA) is 53.5 Å². The number of hydrogen-bond acceptors (Lipinski definition) is 4. The summed E-state index contributed by atoms with van der Waals surface area (Å²) < 4.78 is 0. The molecule has 5 heteroatoms. The van der Waals surface area contributed by atoms with E-state index in [0.29, 0.717) is 18.9 Å². The Balaban J connectivity index is 2.13. The first-order chi connectivity index (χ1) is 7.58. The quantitative estimate of drug-likeness (QED) is 0.781. The van der Waals surface area contributed by atoms with Crippen molar-refractivity contribution in [2.45, 2.75) is 33.2 Å². The van der Waals surface area contributed by atoms with Gasteiger partial charge in [0.15, 0.2) is 5.17 Å². The maximum Gasteiger partial charge on any atom is 0.221 e. The van der Waals surface area contributed by atoms with Gasteiger partial charge in [0, 0.05) is 31.3 Å². The number of hydrogen-bond donors (Lipinski definition) is 2. The maximum absolute atomic E-state index is 11.3. The van der Waals surface area contributed by atoms with E-state index in [9.17, 15) is 4.79 Å². The minimum absolute atomic E-state index is 0.0947. The molecule has 16 heavy (non-hydrogen) atoms. The second kappa shape index (κ2) is 6.78. The van der Waals surface area contributed by atoms with Gasteiger partial charge in [-0.25, -0.2) is 0 Å². The summed E-state index contributed by atoms with van der Waals surface area (Å²) in [6.45, 7) is 7.69. The van der Waals surface area contributed by atoms with Crippen LogP contribution in [0.15, 0.2) is 4.99 Å². The lowest BCUT2D eigenvalue weighted by Gasteiger charge is -2.17. The lowest BCUT2D eigenvalue weighted by atomic mass is 10.2. The summed E-state index contributed by atoms with van der Waals surface area (Å²) in [5, 5.41) is 7.04. The van der Waals surface area contributed by atoms with Crippen molar-refractivity contribution in [2.24, 2.45) is 10.9 Å². The van der Waals surface area contributed by atoms with Crippen LogP contribution in [0, 0.1) is 5.92 Å². The monoisotopic (exact) mass is 243 g/mol. The van der Waals surface area contributed by atoms with Gasteiger partial charge in [-0.3, -0.25) is 9.79 Å². The Labute approximate surface area is 102 Å². The van der Waals surface area contributed by atoms with Crippen LogP contribution in [0.25, 0.3) is 0 Å². The van der Waals surface area contributed by atoms with Crippen molar-refractivity contribution in [3.05, 3.63) is 0 Å². The molecule has 1 rings (SSSR count). The van der Waals surface area contributed by atoms with Crippen LogP contribution in [0.1, 0.15) is 27.2 Å². The number of rotatable bonds is 4. The van der Waals surface area contributed by atoms with Crippen LogP contribution < -0.4 is 10.6 Å². The summed E-state index contributed by atoms with van der Waals surface area (Å²) in [7, 11) is 0. The van der Waals surface area contributed by atoms with Gasteiger partial charge in [0.1, 0.15) is 0 Å².